The number of anilines is 1. The van der Waals surface area contributed by atoms with Crippen LogP contribution in [0.2, 0.25) is 0 Å². The first-order chi connectivity index (χ1) is 17.0. The quantitative estimate of drug-likeness (QED) is 0.519. The number of likely N-dealkylation sites (tertiary alicyclic amines) is 2. The van der Waals surface area contributed by atoms with Crippen LogP contribution in [-0.2, 0) is 19.2 Å². The van der Waals surface area contributed by atoms with Crippen LogP contribution in [0.25, 0.3) is 0 Å². The molecule has 3 atom stereocenters. The van der Waals surface area contributed by atoms with Crippen LogP contribution in [0.15, 0.2) is 24.3 Å². The lowest BCUT2D eigenvalue weighted by atomic mass is 10.0. The summed E-state index contributed by atoms with van der Waals surface area (Å²) >= 11 is 0. The van der Waals surface area contributed by atoms with E-state index in [0.29, 0.717) is 24.9 Å². The molecule has 1 aromatic carbocycles. The number of benzene rings is 1. The molecule has 3 rings (SSSR count). The van der Waals surface area contributed by atoms with Gasteiger partial charge in [-0.1, -0.05) is 13.8 Å². The Bertz CT molecular complexity index is 1010. The standard InChI is InChI=1S/C26H37N5O5/c1-16(2)14-20(28-25(35)18-6-8-19(9-7-18)29(4)5)26(36)30-13-11-21-24(30)22(33)15-31(21)23(34)10-12-27-17(3)32/h6-9,16,20-21,24H,10-15H2,1-5H3,(H,27,32)(H,28,35)/t20-,21+,24-/m0/s1. The molecule has 2 aliphatic rings. The number of fused-ring (bicyclic) bond motifs is 1. The zero-order chi connectivity index (χ0) is 26.6. The summed E-state index contributed by atoms with van der Waals surface area (Å²) in [5.74, 6) is -1.11. The molecule has 0 radical (unpaired) electrons. The van der Waals surface area contributed by atoms with Crippen molar-refractivity contribution in [1.82, 2.24) is 20.4 Å². The van der Waals surface area contributed by atoms with Gasteiger partial charge in [0, 0.05) is 51.8 Å². The minimum Gasteiger partial charge on any atom is -0.378 e. The molecule has 36 heavy (non-hydrogen) atoms. The van der Waals surface area contributed by atoms with Gasteiger partial charge in [-0.25, -0.2) is 0 Å². The van der Waals surface area contributed by atoms with E-state index < -0.39 is 12.1 Å². The van der Waals surface area contributed by atoms with Crippen molar-refractivity contribution in [3.8, 4) is 0 Å². The SMILES string of the molecule is CC(=O)NCCC(=O)N1CC(=O)[C@@H]2[C@H]1CCN2C(=O)[C@H](CC(C)C)NC(=O)c1ccc(N(C)C)cc1. The van der Waals surface area contributed by atoms with Gasteiger partial charge in [0.05, 0.1) is 12.6 Å². The maximum absolute atomic E-state index is 13.6. The van der Waals surface area contributed by atoms with Crippen molar-refractivity contribution in [2.24, 2.45) is 5.92 Å². The van der Waals surface area contributed by atoms with Crippen molar-refractivity contribution >= 4 is 35.1 Å². The summed E-state index contributed by atoms with van der Waals surface area (Å²) < 4.78 is 0. The van der Waals surface area contributed by atoms with Crippen molar-refractivity contribution < 1.29 is 24.0 Å². The first-order valence-corrected chi connectivity index (χ1v) is 12.4. The van der Waals surface area contributed by atoms with E-state index in [1.54, 1.807) is 12.1 Å². The summed E-state index contributed by atoms with van der Waals surface area (Å²) in [6.07, 6.45) is 1.03. The lowest BCUT2D eigenvalue weighted by Crippen LogP contribution is -2.53. The Labute approximate surface area is 212 Å². The van der Waals surface area contributed by atoms with Gasteiger partial charge < -0.3 is 25.3 Å². The third-order valence-corrected chi connectivity index (χ3v) is 6.70. The first-order valence-electron chi connectivity index (χ1n) is 12.4. The van der Waals surface area contributed by atoms with Crippen molar-refractivity contribution in [2.45, 2.75) is 58.2 Å². The van der Waals surface area contributed by atoms with Gasteiger partial charge in [-0.3, -0.25) is 24.0 Å². The number of nitrogens with one attached hydrogen (secondary N) is 2. The van der Waals surface area contributed by atoms with Gasteiger partial charge >= 0.3 is 0 Å². The van der Waals surface area contributed by atoms with Crippen LogP contribution in [0.1, 0.15) is 50.4 Å². The Balaban J connectivity index is 1.70. The summed E-state index contributed by atoms with van der Waals surface area (Å²) in [7, 11) is 3.83. The fourth-order valence-corrected chi connectivity index (χ4v) is 4.92. The predicted molar refractivity (Wildman–Crippen MR) is 135 cm³/mol. The Morgan fingerprint density at radius 2 is 1.75 bits per heavy atom. The molecule has 10 heteroatoms. The van der Waals surface area contributed by atoms with Crippen molar-refractivity contribution in [1.29, 1.82) is 0 Å². The number of hydrogen-bond acceptors (Lipinski definition) is 6. The highest BCUT2D eigenvalue weighted by Gasteiger charge is 2.52. The second kappa shape index (κ2) is 11.5. The molecule has 2 aliphatic heterocycles. The van der Waals surface area contributed by atoms with Crippen LogP contribution in [0.3, 0.4) is 0 Å². The van der Waals surface area contributed by atoms with Crippen LogP contribution in [-0.4, -0.2) is 91.1 Å². The molecule has 0 unspecified atom stereocenters. The molecule has 0 aromatic heterocycles. The summed E-state index contributed by atoms with van der Waals surface area (Å²) in [5.41, 5.74) is 1.41. The van der Waals surface area contributed by atoms with Crippen LogP contribution < -0.4 is 15.5 Å². The van der Waals surface area contributed by atoms with Crippen molar-refractivity contribution in [3.63, 3.8) is 0 Å². The highest BCUT2D eigenvalue weighted by atomic mass is 16.2. The Kier molecular flexibility index (Phi) is 8.70. The third-order valence-electron chi connectivity index (χ3n) is 6.70. The Morgan fingerprint density at radius 3 is 2.33 bits per heavy atom. The lowest BCUT2D eigenvalue weighted by molar-refractivity contribution is -0.138. The molecule has 4 amide bonds. The summed E-state index contributed by atoms with van der Waals surface area (Å²) in [6.45, 7) is 5.83. The van der Waals surface area contributed by atoms with E-state index in [4.69, 9.17) is 0 Å². The smallest absolute Gasteiger partial charge is 0.251 e. The number of nitrogens with zero attached hydrogens (tertiary/aromatic N) is 3. The summed E-state index contributed by atoms with van der Waals surface area (Å²) in [5, 5.41) is 5.47. The monoisotopic (exact) mass is 499 g/mol. The molecule has 0 spiro atoms. The van der Waals surface area contributed by atoms with Gasteiger partial charge in [0.25, 0.3) is 5.91 Å². The Hall–Kier alpha value is -3.43. The van der Waals surface area contributed by atoms with Crippen LogP contribution in [0, 0.1) is 5.92 Å². The second-order valence-electron chi connectivity index (χ2n) is 10.2. The minimum absolute atomic E-state index is 0.0442. The number of Topliss-reactive ketones (excluding diaryl/α,β-unsaturated/α-hetero) is 1. The van der Waals surface area contributed by atoms with E-state index in [1.807, 2.05) is 45.0 Å². The first kappa shape index (κ1) is 27.2. The number of ketones is 1. The zero-order valence-corrected chi connectivity index (χ0v) is 21.7. The van der Waals surface area contributed by atoms with E-state index >= 15 is 0 Å². The molecule has 1 aromatic rings. The van der Waals surface area contributed by atoms with Crippen LogP contribution in [0.5, 0.6) is 0 Å². The molecule has 2 N–H and O–H groups in total. The normalized spacial score (nSPS) is 19.8. The average molecular weight is 500 g/mol. The molecule has 196 valence electrons. The van der Waals surface area contributed by atoms with Gasteiger partial charge in [-0.15, -0.1) is 0 Å². The molecule has 0 aliphatic carbocycles. The summed E-state index contributed by atoms with van der Waals surface area (Å²) in [4.78, 5) is 68.3. The highest BCUT2D eigenvalue weighted by Crippen LogP contribution is 2.31. The third kappa shape index (κ3) is 6.22. The second-order valence-corrected chi connectivity index (χ2v) is 10.2. The van der Waals surface area contributed by atoms with E-state index in [2.05, 4.69) is 10.6 Å². The molecular formula is C26H37N5O5. The van der Waals surface area contributed by atoms with Crippen molar-refractivity contribution in [3.05, 3.63) is 29.8 Å². The van der Waals surface area contributed by atoms with Crippen molar-refractivity contribution in [2.75, 3.05) is 38.6 Å². The van der Waals surface area contributed by atoms with E-state index in [9.17, 15) is 24.0 Å². The maximum atomic E-state index is 13.6. The molecule has 2 fully saturated rings. The topological polar surface area (TPSA) is 119 Å². The van der Waals surface area contributed by atoms with Gasteiger partial charge in [0.1, 0.15) is 12.1 Å². The van der Waals surface area contributed by atoms with Gasteiger partial charge in [-0.05, 0) is 43.0 Å². The average Bonchev–Trinajstić information content (AvgIpc) is 3.39. The molecule has 10 nitrogen and oxygen atoms in total. The zero-order valence-electron chi connectivity index (χ0n) is 21.7. The van der Waals surface area contributed by atoms with Crippen LogP contribution >= 0.6 is 0 Å². The molecule has 2 heterocycles. The number of rotatable bonds is 9. The minimum atomic E-state index is -0.776. The molecule has 2 saturated heterocycles. The predicted octanol–water partition coefficient (Wildman–Crippen LogP) is 0.804. The fraction of sp³-hybridized carbons (Fsp3) is 0.577. The van der Waals surface area contributed by atoms with E-state index in [0.717, 1.165) is 5.69 Å². The molecular weight excluding hydrogens is 462 g/mol. The molecule has 0 bridgehead atoms. The van der Waals surface area contributed by atoms with Gasteiger partial charge in [0.2, 0.25) is 17.7 Å². The number of amides is 4. The number of hydrogen-bond donors (Lipinski definition) is 2. The summed E-state index contributed by atoms with van der Waals surface area (Å²) in [6, 6.07) is 5.27. The molecule has 0 saturated carbocycles. The Morgan fingerprint density at radius 1 is 1.08 bits per heavy atom. The fourth-order valence-electron chi connectivity index (χ4n) is 4.92. The number of carbonyl (C=O) groups is 5. The largest absolute Gasteiger partial charge is 0.378 e. The lowest BCUT2D eigenvalue weighted by Gasteiger charge is -2.29. The van der Waals surface area contributed by atoms with E-state index in [-0.39, 0.29) is 60.9 Å². The van der Waals surface area contributed by atoms with E-state index in [1.165, 1.54) is 16.7 Å². The highest BCUT2D eigenvalue weighted by molar-refractivity contribution is 6.01. The van der Waals surface area contributed by atoms with Crippen LogP contribution in [0.4, 0.5) is 5.69 Å². The maximum Gasteiger partial charge on any atom is 0.251 e. The van der Waals surface area contributed by atoms with Gasteiger partial charge in [0.15, 0.2) is 5.78 Å². The number of carbonyl (C=O) groups excluding carboxylic acids is 5. The van der Waals surface area contributed by atoms with Gasteiger partial charge in [-0.2, -0.15) is 0 Å².